The van der Waals surface area contributed by atoms with Gasteiger partial charge in [-0.2, -0.15) is 0 Å². The number of ether oxygens (including phenoxy) is 1. The Morgan fingerprint density at radius 2 is 1.73 bits per heavy atom. The van der Waals surface area contributed by atoms with Gasteiger partial charge in [-0.3, -0.25) is 4.79 Å². The highest BCUT2D eigenvalue weighted by molar-refractivity contribution is 7.09. The summed E-state index contributed by atoms with van der Waals surface area (Å²) >= 11 is 1.41. The molecule has 3 amide bonds. The number of amides is 3. The average molecular weight is 473 g/mol. The third kappa shape index (κ3) is 7.74. The molecular formula is C25H36N4O3S. The van der Waals surface area contributed by atoms with Crippen molar-refractivity contribution < 1.29 is 14.3 Å². The number of nitrogens with one attached hydrogen (secondary N) is 3. The molecule has 1 saturated carbocycles. The lowest BCUT2D eigenvalue weighted by atomic mass is 9.90. The van der Waals surface area contributed by atoms with Crippen LogP contribution in [0.15, 0.2) is 29.6 Å². The number of rotatable bonds is 7. The molecule has 0 spiro atoms. The van der Waals surface area contributed by atoms with Gasteiger partial charge in [-0.15, -0.1) is 11.3 Å². The average Bonchev–Trinajstić information content (AvgIpc) is 3.22. The second-order valence-electron chi connectivity index (χ2n) is 9.96. The molecule has 33 heavy (non-hydrogen) atoms. The highest BCUT2D eigenvalue weighted by Crippen LogP contribution is 2.22. The van der Waals surface area contributed by atoms with E-state index in [1.807, 2.05) is 32.9 Å². The Balaban J connectivity index is 1.53. The van der Waals surface area contributed by atoms with E-state index in [0.29, 0.717) is 18.2 Å². The van der Waals surface area contributed by atoms with E-state index in [1.54, 1.807) is 5.38 Å². The number of hydrogen-bond acceptors (Lipinski definition) is 5. The zero-order valence-corrected chi connectivity index (χ0v) is 21.1. The Labute approximate surface area is 200 Å². The SMILES string of the molecule is CC(C)c1ccc(OCc2nc(C(=O)NC3CCCCC3NC(=O)NC(C)(C)C)cs2)cc1. The Hall–Kier alpha value is -2.61. The van der Waals surface area contributed by atoms with Crippen LogP contribution in [-0.2, 0) is 6.61 Å². The predicted octanol–water partition coefficient (Wildman–Crippen LogP) is 4.98. The van der Waals surface area contributed by atoms with Gasteiger partial charge in [0.2, 0.25) is 0 Å². The van der Waals surface area contributed by atoms with Gasteiger partial charge >= 0.3 is 6.03 Å². The summed E-state index contributed by atoms with van der Waals surface area (Å²) in [6.07, 6.45) is 3.73. The standard InChI is InChI=1S/C25H36N4O3S/c1-16(2)17-10-12-18(13-11-17)32-14-22-26-21(15-33-22)23(30)27-19-8-6-7-9-20(19)28-24(31)29-25(3,4)5/h10-13,15-16,19-20H,6-9,14H2,1-5H3,(H,27,30)(H2,28,29,31). The first-order chi connectivity index (χ1) is 15.6. The summed E-state index contributed by atoms with van der Waals surface area (Å²) in [5.41, 5.74) is 1.34. The van der Waals surface area contributed by atoms with Crippen molar-refractivity contribution in [1.29, 1.82) is 0 Å². The number of thiazole rings is 1. The number of benzene rings is 1. The number of hydrogen-bond donors (Lipinski definition) is 3. The molecule has 1 heterocycles. The number of urea groups is 1. The maximum atomic E-state index is 12.8. The molecule has 3 rings (SSSR count). The fraction of sp³-hybridized carbons (Fsp3) is 0.560. The largest absolute Gasteiger partial charge is 0.486 e. The van der Waals surface area contributed by atoms with E-state index < -0.39 is 0 Å². The van der Waals surface area contributed by atoms with Crippen molar-refractivity contribution in [2.45, 2.75) is 90.4 Å². The van der Waals surface area contributed by atoms with Crippen LogP contribution >= 0.6 is 11.3 Å². The molecular weight excluding hydrogens is 436 g/mol. The molecule has 0 bridgehead atoms. The quantitative estimate of drug-likeness (QED) is 0.530. The lowest BCUT2D eigenvalue weighted by Gasteiger charge is -2.33. The number of nitrogens with zero attached hydrogens (tertiary/aromatic N) is 1. The van der Waals surface area contributed by atoms with Crippen LogP contribution in [0, 0.1) is 0 Å². The summed E-state index contributed by atoms with van der Waals surface area (Å²) < 4.78 is 5.83. The van der Waals surface area contributed by atoms with Crippen molar-refractivity contribution in [3.05, 3.63) is 45.9 Å². The summed E-state index contributed by atoms with van der Waals surface area (Å²) in [6.45, 7) is 10.5. The molecule has 0 radical (unpaired) electrons. The van der Waals surface area contributed by atoms with Crippen molar-refractivity contribution in [3.63, 3.8) is 0 Å². The molecule has 7 nitrogen and oxygen atoms in total. The predicted molar refractivity (Wildman–Crippen MR) is 132 cm³/mol. The number of carbonyl (C=O) groups is 2. The minimum atomic E-state index is -0.312. The van der Waals surface area contributed by atoms with Crippen molar-refractivity contribution in [1.82, 2.24) is 20.9 Å². The summed E-state index contributed by atoms with van der Waals surface area (Å²) in [5.74, 6) is 1.05. The van der Waals surface area contributed by atoms with Gasteiger partial charge in [-0.25, -0.2) is 9.78 Å². The second kappa shape index (κ2) is 11.0. The molecule has 1 aromatic heterocycles. The molecule has 2 atom stereocenters. The van der Waals surface area contributed by atoms with E-state index in [1.165, 1.54) is 16.9 Å². The summed E-state index contributed by atoms with van der Waals surface area (Å²) in [4.78, 5) is 29.6. The molecule has 1 aromatic carbocycles. The third-order valence-corrected chi connectivity index (χ3v) is 6.40. The molecule has 2 aromatic rings. The Morgan fingerprint density at radius 3 is 2.33 bits per heavy atom. The molecule has 3 N–H and O–H groups in total. The van der Waals surface area contributed by atoms with Crippen LogP contribution in [0.3, 0.4) is 0 Å². The lowest BCUT2D eigenvalue weighted by Crippen LogP contribution is -2.57. The fourth-order valence-corrected chi connectivity index (χ4v) is 4.52. The monoisotopic (exact) mass is 472 g/mol. The van der Waals surface area contributed by atoms with Crippen LogP contribution in [0.25, 0.3) is 0 Å². The molecule has 180 valence electrons. The first kappa shape index (κ1) is 25.0. The summed E-state index contributed by atoms with van der Waals surface area (Å²) in [7, 11) is 0. The molecule has 0 saturated heterocycles. The van der Waals surface area contributed by atoms with Crippen LogP contribution in [0.2, 0.25) is 0 Å². The minimum absolute atomic E-state index is 0.0969. The molecule has 1 fully saturated rings. The van der Waals surface area contributed by atoms with Crippen molar-refractivity contribution in [2.75, 3.05) is 0 Å². The van der Waals surface area contributed by atoms with Crippen molar-refractivity contribution in [2.24, 2.45) is 0 Å². The van der Waals surface area contributed by atoms with Gasteiger partial charge in [0.05, 0.1) is 6.04 Å². The van der Waals surface area contributed by atoms with E-state index in [-0.39, 0.29) is 29.6 Å². The van der Waals surface area contributed by atoms with Gasteiger partial charge in [-0.1, -0.05) is 38.8 Å². The highest BCUT2D eigenvalue weighted by atomic mass is 32.1. The molecule has 0 aliphatic heterocycles. The molecule has 2 unspecified atom stereocenters. The van der Waals surface area contributed by atoms with Gasteiger partial charge in [0.15, 0.2) is 0 Å². The first-order valence-electron chi connectivity index (χ1n) is 11.7. The smallest absolute Gasteiger partial charge is 0.315 e. The van der Waals surface area contributed by atoms with E-state index in [9.17, 15) is 9.59 Å². The van der Waals surface area contributed by atoms with Crippen LogP contribution in [0.4, 0.5) is 4.79 Å². The van der Waals surface area contributed by atoms with Gasteiger partial charge in [0.25, 0.3) is 5.91 Å². The van der Waals surface area contributed by atoms with Crippen LogP contribution in [0.5, 0.6) is 5.75 Å². The van der Waals surface area contributed by atoms with Crippen LogP contribution < -0.4 is 20.7 Å². The molecule has 1 aliphatic carbocycles. The highest BCUT2D eigenvalue weighted by Gasteiger charge is 2.29. The first-order valence-corrected chi connectivity index (χ1v) is 12.6. The zero-order valence-electron chi connectivity index (χ0n) is 20.2. The van der Waals surface area contributed by atoms with Gasteiger partial charge in [0, 0.05) is 17.0 Å². The van der Waals surface area contributed by atoms with Crippen molar-refractivity contribution in [3.8, 4) is 5.75 Å². The van der Waals surface area contributed by atoms with E-state index in [2.05, 4.69) is 46.9 Å². The maximum Gasteiger partial charge on any atom is 0.315 e. The van der Waals surface area contributed by atoms with Crippen LogP contribution in [-0.4, -0.2) is 34.5 Å². The molecule has 1 aliphatic rings. The van der Waals surface area contributed by atoms with E-state index >= 15 is 0 Å². The second-order valence-corrected chi connectivity index (χ2v) is 10.9. The Bertz CT molecular complexity index is 934. The third-order valence-electron chi connectivity index (χ3n) is 5.58. The number of carbonyl (C=O) groups excluding carboxylic acids is 2. The Kier molecular flexibility index (Phi) is 8.35. The van der Waals surface area contributed by atoms with Gasteiger partial charge < -0.3 is 20.7 Å². The topological polar surface area (TPSA) is 92.3 Å². The lowest BCUT2D eigenvalue weighted by molar-refractivity contribution is 0.0910. The van der Waals surface area contributed by atoms with E-state index in [0.717, 1.165) is 36.4 Å². The molecule has 8 heteroatoms. The number of aromatic nitrogens is 1. The Morgan fingerprint density at radius 1 is 1.09 bits per heavy atom. The zero-order chi connectivity index (χ0) is 24.0. The van der Waals surface area contributed by atoms with Gasteiger partial charge in [0.1, 0.15) is 23.1 Å². The maximum absolute atomic E-state index is 12.8. The summed E-state index contributed by atoms with van der Waals surface area (Å²) in [5, 5.41) is 11.5. The van der Waals surface area contributed by atoms with Crippen LogP contribution in [0.1, 0.15) is 87.3 Å². The van der Waals surface area contributed by atoms with Crippen molar-refractivity contribution >= 4 is 23.3 Å². The fourth-order valence-electron chi connectivity index (χ4n) is 3.84. The normalized spacial score (nSPS) is 18.6. The van der Waals surface area contributed by atoms with Gasteiger partial charge in [-0.05, 0) is 57.2 Å². The van der Waals surface area contributed by atoms with E-state index in [4.69, 9.17) is 4.74 Å². The summed E-state index contributed by atoms with van der Waals surface area (Å²) in [6, 6.07) is 7.64. The minimum Gasteiger partial charge on any atom is -0.486 e.